The summed E-state index contributed by atoms with van der Waals surface area (Å²) in [7, 11) is -1.00. The van der Waals surface area contributed by atoms with Gasteiger partial charge in [-0.1, -0.05) is 5.57 Å². The molecule has 0 aliphatic heterocycles. The van der Waals surface area contributed by atoms with Gasteiger partial charge in [0, 0.05) is 31.7 Å². The molecule has 0 radical (unpaired) electrons. The summed E-state index contributed by atoms with van der Waals surface area (Å²) < 4.78 is 84.8. The van der Waals surface area contributed by atoms with Gasteiger partial charge in [-0.2, -0.15) is 27.7 Å². The van der Waals surface area contributed by atoms with E-state index in [2.05, 4.69) is 15.2 Å². The van der Waals surface area contributed by atoms with Crippen molar-refractivity contribution in [2.75, 3.05) is 7.05 Å². The van der Waals surface area contributed by atoms with E-state index < -0.39 is 45.0 Å². The van der Waals surface area contributed by atoms with Gasteiger partial charge in [0.1, 0.15) is 5.82 Å². The minimum atomic E-state index is -4.71. The average Bonchev–Trinajstić information content (AvgIpc) is 3.71. The van der Waals surface area contributed by atoms with Gasteiger partial charge in [-0.3, -0.25) is 9.48 Å². The first-order valence-corrected chi connectivity index (χ1v) is 15.2. The highest BCUT2D eigenvalue weighted by Gasteiger charge is 2.52. The van der Waals surface area contributed by atoms with Crippen molar-refractivity contribution in [1.82, 2.24) is 28.9 Å². The monoisotopic (exact) mass is 620 g/mol. The number of rotatable bonds is 6. The molecule has 4 aromatic rings. The molecule has 6 rings (SSSR count). The second-order valence-corrected chi connectivity index (χ2v) is 13.3. The molecule has 42 heavy (non-hydrogen) atoms. The molecule has 2 aliphatic rings. The predicted octanol–water partition coefficient (Wildman–Crippen LogP) is 4.90. The normalized spacial score (nSPS) is 20.7. The van der Waals surface area contributed by atoms with Crippen molar-refractivity contribution in [3.8, 4) is 5.69 Å². The number of halogens is 4. The zero-order valence-corrected chi connectivity index (χ0v) is 24.0. The Balaban J connectivity index is 1.42. The number of nitrogens with zero attached hydrogens (tertiary/aromatic N) is 6. The highest BCUT2D eigenvalue weighted by Crippen LogP contribution is 2.51. The number of sulfonamides is 1. The van der Waals surface area contributed by atoms with Crippen LogP contribution in [0.4, 0.5) is 17.6 Å². The molecule has 3 heterocycles. The molecule has 0 spiro atoms. The van der Waals surface area contributed by atoms with Crippen molar-refractivity contribution >= 4 is 33.2 Å². The van der Waals surface area contributed by atoms with Gasteiger partial charge in [0.15, 0.2) is 15.7 Å². The van der Waals surface area contributed by atoms with Gasteiger partial charge < -0.3 is 0 Å². The molecule has 3 aromatic heterocycles. The summed E-state index contributed by atoms with van der Waals surface area (Å²) in [5.41, 5.74) is 0.0790. The summed E-state index contributed by atoms with van der Waals surface area (Å²) in [6.45, 7) is 0. The van der Waals surface area contributed by atoms with E-state index in [0.717, 1.165) is 5.38 Å². The fourth-order valence-electron chi connectivity index (χ4n) is 5.77. The minimum Gasteiger partial charge on any atom is -0.290 e. The van der Waals surface area contributed by atoms with Crippen LogP contribution in [0.15, 0.2) is 58.7 Å². The Morgan fingerprint density at radius 3 is 2.57 bits per heavy atom. The number of carbonyl (C=O) groups excluding carboxylic acids is 1. The van der Waals surface area contributed by atoms with Crippen molar-refractivity contribution < 1.29 is 30.8 Å². The summed E-state index contributed by atoms with van der Waals surface area (Å²) in [5, 5.41) is 8.86. The predicted molar refractivity (Wildman–Crippen MR) is 145 cm³/mol. The standard InChI is InChI=1S/C27H24F4N6O3S2/c1-35-10-9-23(34-35)42(39,40)36(2)20-6-3-17-11-21-16(14-32-37(21)19-7-4-18(28)5-8-19)12-26(17,13-20)24(38)25-33-22(15-41-25)27(29,30)31/h4-5,7-11,14-15,20H,3,6,12-13H2,1-2H3/t20-,26-/m0/s1. The van der Waals surface area contributed by atoms with Crippen LogP contribution in [-0.2, 0) is 29.7 Å². The number of aryl methyl sites for hydroxylation is 1. The molecule has 9 nitrogen and oxygen atoms in total. The molecule has 0 unspecified atom stereocenters. The highest BCUT2D eigenvalue weighted by molar-refractivity contribution is 7.89. The minimum absolute atomic E-state index is 0.0301. The van der Waals surface area contributed by atoms with Crippen LogP contribution in [0.2, 0.25) is 0 Å². The smallest absolute Gasteiger partial charge is 0.290 e. The first-order valence-electron chi connectivity index (χ1n) is 12.9. The number of allylic oxidation sites excluding steroid dienone is 1. The molecule has 0 saturated heterocycles. The zero-order valence-electron chi connectivity index (χ0n) is 22.3. The first-order chi connectivity index (χ1) is 19.8. The van der Waals surface area contributed by atoms with Gasteiger partial charge in [0.25, 0.3) is 10.0 Å². The van der Waals surface area contributed by atoms with E-state index in [0.29, 0.717) is 46.7 Å². The Morgan fingerprint density at radius 2 is 1.93 bits per heavy atom. The van der Waals surface area contributed by atoms with Gasteiger partial charge in [0.05, 0.1) is 23.0 Å². The summed E-state index contributed by atoms with van der Waals surface area (Å²) >= 11 is 0.619. The molecule has 2 atom stereocenters. The molecule has 220 valence electrons. The van der Waals surface area contributed by atoms with Gasteiger partial charge >= 0.3 is 6.18 Å². The zero-order chi connectivity index (χ0) is 30.0. The maximum Gasteiger partial charge on any atom is 0.434 e. The van der Waals surface area contributed by atoms with Crippen molar-refractivity contribution in [2.24, 2.45) is 12.5 Å². The lowest BCUT2D eigenvalue weighted by Crippen LogP contribution is -2.49. The lowest BCUT2D eigenvalue weighted by molar-refractivity contribution is -0.140. The topological polar surface area (TPSA) is 103 Å². The van der Waals surface area contributed by atoms with Crippen LogP contribution in [-0.4, -0.2) is 56.1 Å². The Hall–Kier alpha value is -3.69. The number of Topliss-reactive ketones (excluding diaryl/α,β-unsaturated/α-hetero) is 1. The van der Waals surface area contributed by atoms with Crippen LogP contribution in [0.1, 0.15) is 46.0 Å². The SMILES string of the molecule is CN([C@H]1CCC2=Cc3c(cnn3-c3ccc(F)cc3)C[C@]2(C(=O)c2nc(C(F)(F)F)cs2)C1)S(=O)(=O)c1ccn(C)n1. The molecule has 1 aromatic carbocycles. The maximum absolute atomic E-state index is 14.2. The van der Waals surface area contributed by atoms with Crippen LogP contribution >= 0.6 is 11.3 Å². The largest absolute Gasteiger partial charge is 0.434 e. The molecular formula is C27H24F4N6O3S2. The number of aromatic nitrogens is 5. The fourth-order valence-corrected chi connectivity index (χ4v) is 7.97. The van der Waals surface area contributed by atoms with E-state index in [1.807, 2.05) is 0 Å². The van der Waals surface area contributed by atoms with E-state index in [4.69, 9.17) is 0 Å². The van der Waals surface area contributed by atoms with E-state index >= 15 is 0 Å². The highest BCUT2D eigenvalue weighted by atomic mass is 32.2. The Labute approximate surface area is 242 Å². The third-order valence-corrected chi connectivity index (χ3v) is 10.6. The average molecular weight is 621 g/mol. The van der Waals surface area contributed by atoms with Gasteiger partial charge in [-0.25, -0.2) is 22.5 Å². The van der Waals surface area contributed by atoms with Crippen molar-refractivity contribution in [2.45, 2.75) is 42.9 Å². The summed E-state index contributed by atoms with van der Waals surface area (Å²) in [4.78, 5) is 17.8. The molecule has 0 N–H and O–H groups in total. The van der Waals surface area contributed by atoms with Gasteiger partial charge in [-0.05, 0) is 67.7 Å². The Bertz CT molecular complexity index is 1820. The van der Waals surface area contributed by atoms with Crippen LogP contribution in [0.3, 0.4) is 0 Å². The van der Waals surface area contributed by atoms with Crippen molar-refractivity contribution in [3.05, 3.63) is 81.5 Å². The van der Waals surface area contributed by atoms with Crippen LogP contribution in [0.5, 0.6) is 0 Å². The summed E-state index contributed by atoms with van der Waals surface area (Å²) in [6.07, 6.45) is 0.963. The second kappa shape index (κ2) is 9.95. The maximum atomic E-state index is 14.2. The molecule has 15 heteroatoms. The number of hydrogen-bond donors (Lipinski definition) is 0. The molecule has 0 bridgehead atoms. The van der Waals surface area contributed by atoms with Gasteiger partial charge in [0.2, 0.25) is 5.78 Å². The van der Waals surface area contributed by atoms with E-state index in [1.54, 1.807) is 36.1 Å². The van der Waals surface area contributed by atoms with E-state index in [9.17, 15) is 30.8 Å². The van der Waals surface area contributed by atoms with Crippen molar-refractivity contribution in [1.29, 1.82) is 0 Å². The molecular weight excluding hydrogens is 596 g/mol. The number of alkyl halides is 3. The lowest BCUT2D eigenvalue weighted by Gasteiger charge is -2.45. The quantitative estimate of drug-likeness (QED) is 0.225. The van der Waals surface area contributed by atoms with Crippen LogP contribution < -0.4 is 0 Å². The van der Waals surface area contributed by atoms with Crippen LogP contribution in [0.25, 0.3) is 11.8 Å². The molecule has 1 fully saturated rings. The Morgan fingerprint density at radius 1 is 1.19 bits per heavy atom. The number of fused-ring (bicyclic) bond motifs is 2. The second-order valence-electron chi connectivity index (χ2n) is 10.5. The number of benzene rings is 1. The van der Waals surface area contributed by atoms with Gasteiger partial charge in [-0.15, -0.1) is 11.3 Å². The third kappa shape index (κ3) is 4.68. The van der Waals surface area contributed by atoms with Crippen molar-refractivity contribution in [3.63, 3.8) is 0 Å². The lowest BCUT2D eigenvalue weighted by atomic mass is 9.61. The number of thiazole rings is 1. The first kappa shape index (κ1) is 28.4. The number of carbonyl (C=O) groups is 1. The number of hydrogen-bond acceptors (Lipinski definition) is 7. The summed E-state index contributed by atoms with van der Waals surface area (Å²) in [6, 6.07) is 6.47. The molecule has 0 amide bonds. The Kier molecular flexibility index (Phi) is 6.74. The van der Waals surface area contributed by atoms with E-state index in [-0.39, 0.29) is 22.9 Å². The molecule has 2 aliphatic carbocycles. The third-order valence-electron chi connectivity index (χ3n) is 7.98. The number of ketones is 1. The van der Waals surface area contributed by atoms with E-state index in [1.165, 1.54) is 40.4 Å². The fraction of sp³-hybridized carbons (Fsp3) is 0.333. The van der Waals surface area contributed by atoms with Crippen LogP contribution in [0, 0.1) is 11.2 Å². The summed E-state index contributed by atoms with van der Waals surface area (Å²) in [5.74, 6) is -1.00. The molecule has 1 saturated carbocycles.